The Morgan fingerprint density at radius 1 is 1.40 bits per heavy atom. The van der Waals surface area contributed by atoms with Crippen molar-refractivity contribution >= 4 is 51.0 Å². The van der Waals surface area contributed by atoms with Crippen LogP contribution in [0.1, 0.15) is 26.3 Å². The van der Waals surface area contributed by atoms with E-state index in [9.17, 15) is 13.5 Å². The number of hydrogen-bond acceptors (Lipinski definition) is 5. The van der Waals surface area contributed by atoms with Crippen molar-refractivity contribution in [3.63, 3.8) is 0 Å². The number of aliphatic hydroxyl groups is 1. The number of hydrogen-bond donors (Lipinski definition) is 2. The van der Waals surface area contributed by atoms with E-state index in [0.717, 1.165) is 0 Å². The maximum absolute atomic E-state index is 12.6. The van der Waals surface area contributed by atoms with Gasteiger partial charge in [0.2, 0.25) is 10.0 Å². The molecule has 0 aromatic heterocycles. The summed E-state index contributed by atoms with van der Waals surface area (Å²) in [5.74, 6) is 0.351. The Kier molecular flexibility index (Phi) is 6.87. The summed E-state index contributed by atoms with van der Waals surface area (Å²) in [5.41, 5.74) is -1.53. The minimum Gasteiger partial charge on any atom is -0.366 e. The minimum atomic E-state index is -3.81. The molecule has 0 saturated carbocycles. The summed E-state index contributed by atoms with van der Waals surface area (Å²) in [6, 6.07) is 4.55. The standard InChI is InChI=1S/C15H22ClN3O3S2.ClH/c1-14(2,3)18-24(21,22)12-8-10(6-7-11(12)16)15(20)9-23-13(17-4)19(15)5;/h6-8,18,20H,9H2,1-5H3;1H. The van der Waals surface area contributed by atoms with Gasteiger partial charge >= 0.3 is 0 Å². The van der Waals surface area contributed by atoms with E-state index in [2.05, 4.69) is 9.71 Å². The van der Waals surface area contributed by atoms with Gasteiger partial charge in [0.15, 0.2) is 10.9 Å². The molecule has 0 spiro atoms. The molecule has 2 rings (SSSR count). The van der Waals surface area contributed by atoms with Crippen LogP contribution in [0.2, 0.25) is 5.02 Å². The fraction of sp³-hybridized carbons (Fsp3) is 0.533. The summed E-state index contributed by atoms with van der Waals surface area (Å²) < 4.78 is 27.8. The Balaban J connectivity index is 0.00000312. The molecular formula is C15H23Cl2N3O3S2. The van der Waals surface area contributed by atoms with Crippen molar-refractivity contribution in [3.8, 4) is 0 Å². The molecule has 1 atom stereocenters. The molecule has 10 heteroatoms. The minimum absolute atomic E-state index is 0. The van der Waals surface area contributed by atoms with Crippen LogP contribution in [0.15, 0.2) is 28.1 Å². The highest BCUT2D eigenvalue weighted by Gasteiger charge is 2.43. The highest BCUT2D eigenvalue weighted by Crippen LogP contribution is 2.39. The molecule has 0 bridgehead atoms. The number of thioether (sulfide) groups is 1. The fourth-order valence-electron chi connectivity index (χ4n) is 2.43. The number of rotatable bonds is 3. The van der Waals surface area contributed by atoms with E-state index in [1.165, 1.54) is 23.9 Å². The average Bonchev–Trinajstić information content (AvgIpc) is 2.73. The van der Waals surface area contributed by atoms with E-state index in [-0.39, 0.29) is 22.3 Å². The molecule has 142 valence electrons. The zero-order valence-electron chi connectivity index (χ0n) is 14.7. The van der Waals surface area contributed by atoms with Crippen molar-refractivity contribution in [2.24, 2.45) is 4.99 Å². The van der Waals surface area contributed by atoms with Gasteiger partial charge in [0, 0.05) is 25.2 Å². The summed E-state index contributed by atoms with van der Waals surface area (Å²) in [4.78, 5) is 5.70. The predicted octanol–water partition coefficient (Wildman–Crippen LogP) is 2.65. The van der Waals surface area contributed by atoms with Gasteiger partial charge in [0.25, 0.3) is 0 Å². The van der Waals surface area contributed by atoms with Crippen molar-refractivity contribution in [2.75, 3.05) is 19.8 Å². The average molecular weight is 428 g/mol. The Morgan fingerprint density at radius 3 is 2.48 bits per heavy atom. The van der Waals surface area contributed by atoms with Gasteiger partial charge in [0.05, 0.1) is 10.8 Å². The Hall–Kier alpha value is -0.510. The molecule has 1 heterocycles. The number of sulfonamides is 1. The zero-order valence-corrected chi connectivity index (χ0v) is 17.9. The second-order valence-corrected chi connectivity index (χ2v) is 9.67. The Morgan fingerprint density at radius 2 is 2.00 bits per heavy atom. The molecule has 25 heavy (non-hydrogen) atoms. The van der Waals surface area contributed by atoms with Gasteiger partial charge in [-0.1, -0.05) is 29.4 Å². The van der Waals surface area contributed by atoms with Gasteiger partial charge in [-0.05, 0) is 32.9 Å². The van der Waals surface area contributed by atoms with Crippen LogP contribution in [0.5, 0.6) is 0 Å². The molecule has 0 amide bonds. The molecular weight excluding hydrogens is 405 g/mol. The lowest BCUT2D eigenvalue weighted by atomic mass is 10.0. The quantitative estimate of drug-likeness (QED) is 0.774. The molecule has 1 aromatic rings. The van der Waals surface area contributed by atoms with Gasteiger partial charge in [-0.2, -0.15) is 0 Å². The summed E-state index contributed by atoms with van der Waals surface area (Å²) in [6.45, 7) is 5.25. The summed E-state index contributed by atoms with van der Waals surface area (Å²) >= 11 is 7.52. The van der Waals surface area contributed by atoms with Crippen LogP contribution in [0.25, 0.3) is 0 Å². The zero-order chi connectivity index (χ0) is 18.3. The second kappa shape index (κ2) is 7.62. The second-order valence-electron chi connectivity index (χ2n) is 6.67. The van der Waals surface area contributed by atoms with Crippen LogP contribution in [0, 0.1) is 0 Å². The highest BCUT2D eigenvalue weighted by molar-refractivity contribution is 8.14. The molecule has 1 saturated heterocycles. The molecule has 2 N–H and O–H groups in total. The third-order valence-corrected chi connectivity index (χ3v) is 7.06. The molecule has 1 fully saturated rings. The lowest BCUT2D eigenvalue weighted by Crippen LogP contribution is -2.43. The third-order valence-electron chi connectivity index (χ3n) is 3.56. The summed E-state index contributed by atoms with van der Waals surface area (Å²) in [7, 11) is -0.444. The maximum Gasteiger partial charge on any atom is 0.242 e. The number of aliphatic imine (C=N–C) groups is 1. The van der Waals surface area contributed by atoms with Gasteiger partial charge in [-0.15, -0.1) is 12.4 Å². The normalized spacial score (nSPS) is 23.0. The van der Waals surface area contributed by atoms with E-state index < -0.39 is 21.3 Å². The van der Waals surface area contributed by atoms with Crippen LogP contribution in [0.3, 0.4) is 0 Å². The predicted molar refractivity (Wildman–Crippen MR) is 106 cm³/mol. The molecule has 0 radical (unpaired) electrons. The number of halogens is 2. The first kappa shape index (κ1) is 22.5. The van der Waals surface area contributed by atoms with Crippen LogP contribution >= 0.6 is 35.8 Å². The molecule has 1 aliphatic heterocycles. The number of benzene rings is 1. The lowest BCUT2D eigenvalue weighted by Gasteiger charge is -2.31. The lowest BCUT2D eigenvalue weighted by molar-refractivity contribution is -0.0349. The molecule has 0 aliphatic carbocycles. The maximum atomic E-state index is 12.6. The first-order valence-electron chi connectivity index (χ1n) is 7.30. The van der Waals surface area contributed by atoms with Crippen LogP contribution in [-0.4, -0.2) is 49.0 Å². The van der Waals surface area contributed by atoms with Crippen molar-refractivity contribution in [3.05, 3.63) is 28.8 Å². The molecule has 1 unspecified atom stereocenters. The fourth-order valence-corrected chi connectivity index (χ4v) is 5.53. The first-order valence-corrected chi connectivity index (χ1v) is 10.2. The first-order chi connectivity index (χ1) is 10.9. The van der Waals surface area contributed by atoms with E-state index in [0.29, 0.717) is 16.5 Å². The van der Waals surface area contributed by atoms with Crippen LogP contribution < -0.4 is 4.72 Å². The van der Waals surface area contributed by atoms with Gasteiger partial charge in [-0.25, -0.2) is 13.1 Å². The topological polar surface area (TPSA) is 82.0 Å². The van der Waals surface area contributed by atoms with Crippen LogP contribution in [-0.2, 0) is 15.7 Å². The van der Waals surface area contributed by atoms with Crippen molar-refractivity contribution in [2.45, 2.75) is 36.9 Å². The van der Waals surface area contributed by atoms with Crippen LogP contribution in [0.4, 0.5) is 0 Å². The highest BCUT2D eigenvalue weighted by atomic mass is 35.5. The van der Waals surface area contributed by atoms with E-state index in [1.54, 1.807) is 45.8 Å². The van der Waals surface area contributed by atoms with E-state index in [4.69, 9.17) is 11.6 Å². The third kappa shape index (κ3) is 4.61. The SMILES string of the molecule is CN=C1SCC(O)(c2ccc(Cl)c(S(=O)(=O)NC(C)(C)C)c2)N1C.Cl. The molecule has 1 aliphatic rings. The Bertz CT molecular complexity index is 779. The smallest absolute Gasteiger partial charge is 0.242 e. The van der Waals surface area contributed by atoms with E-state index in [1.807, 2.05) is 0 Å². The van der Waals surface area contributed by atoms with Crippen molar-refractivity contribution in [1.82, 2.24) is 9.62 Å². The van der Waals surface area contributed by atoms with Gasteiger partial charge in [0.1, 0.15) is 4.90 Å². The molecule has 1 aromatic carbocycles. The number of nitrogens with zero attached hydrogens (tertiary/aromatic N) is 2. The van der Waals surface area contributed by atoms with Gasteiger partial charge in [-0.3, -0.25) is 4.99 Å². The van der Waals surface area contributed by atoms with Gasteiger partial charge < -0.3 is 10.0 Å². The monoisotopic (exact) mass is 427 g/mol. The number of amidine groups is 1. The van der Waals surface area contributed by atoms with E-state index >= 15 is 0 Å². The van der Waals surface area contributed by atoms with Crippen molar-refractivity contribution in [1.29, 1.82) is 0 Å². The van der Waals surface area contributed by atoms with Crippen molar-refractivity contribution < 1.29 is 13.5 Å². The Labute approximate surface area is 164 Å². The summed E-state index contributed by atoms with van der Waals surface area (Å²) in [6.07, 6.45) is 0. The number of nitrogens with one attached hydrogen (secondary N) is 1. The molecule has 6 nitrogen and oxygen atoms in total. The summed E-state index contributed by atoms with van der Waals surface area (Å²) in [5, 5.41) is 11.8. The largest absolute Gasteiger partial charge is 0.366 e.